The lowest BCUT2D eigenvalue weighted by molar-refractivity contribution is 0.248. The van der Waals surface area contributed by atoms with Crippen LogP contribution in [-0.2, 0) is 25.6 Å². The number of hydrogen-bond donors (Lipinski definition) is 1. The van der Waals surface area contributed by atoms with E-state index in [2.05, 4.69) is 5.09 Å². The van der Waals surface area contributed by atoms with Crippen LogP contribution in [0, 0.1) is 0 Å². The quantitative estimate of drug-likeness (QED) is 0.675. The zero-order valence-corrected chi connectivity index (χ0v) is 13.8. The maximum Gasteiger partial charge on any atom is 0.336 e. The predicted octanol–water partition coefficient (Wildman–Crippen LogP) is 2.65. The van der Waals surface area contributed by atoms with E-state index in [9.17, 15) is 4.79 Å². The van der Waals surface area contributed by atoms with E-state index >= 15 is 0 Å². The molecule has 0 radical (unpaired) electrons. The monoisotopic (exact) mass is 334 g/mol. The molecule has 1 N–H and O–H groups in total. The van der Waals surface area contributed by atoms with Gasteiger partial charge in [0.1, 0.15) is 0 Å². The first-order chi connectivity index (χ1) is 9.47. The smallest absolute Gasteiger partial charge is 0.336 e. The van der Waals surface area contributed by atoms with Gasteiger partial charge in [0, 0.05) is 14.2 Å². The summed E-state index contributed by atoms with van der Waals surface area (Å²) < 4.78 is 15.0. The van der Waals surface area contributed by atoms with E-state index in [0.29, 0.717) is 5.69 Å². The molecule has 0 fully saturated rings. The highest BCUT2D eigenvalue weighted by atomic mass is 32.5. The number of nitrogens with zero attached hydrogens (tertiary/aromatic N) is 1. The normalized spacial score (nSPS) is 10.8. The van der Waals surface area contributed by atoms with Gasteiger partial charge in [-0.2, -0.15) is 0 Å². The highest BCUT2D eigenvalue weighted by Crippen LogP contribution is 2.42. The van der Waals surface area contributed by atoms with E-state index in [1.165, 1.54) is 26.2 Å². The van der Waals surface area contributed by atoms with Crippen molar-refractivity contribution < 1.29 is 18.6 Å². The third-order valence-electron chi connectivity index (χ3n) is 2.29. The second-order valence-corrected chi connectivity index (χ2v) is 7.16. The van der Waals surface area contributed by atoms with E-state index in [1.807, 2.05) is 6.07 Å². The Balaban J connectivity index is 3.04. The molecule has 0 heterocycles. The number of anilines is 1. The van der Waals surface area contributed by atoms with Crippen molar-refractivity contribution in [3.05, 3.63) is 30.3 Å². The molecule has 1 rings (SSSR count). The zero-order chi connectivity index (χ0) is 15.2. The average Bonchev–Trinajstić information content (AvgIpc) is 2.48. The molecule has 20 heavy (non-hydrogen) atoms. The summed E-state index contributed by atoms with van der Waals surface area (Å²) in [5.41, 5.74) is 0.547. The number of para-hydroxylation sites is 1. The van der Waals surface area contributed by atoms with Crippen molar-refractivity contribution in [2.24, 2.45) is 0 Å². The molecule has 110 valence electrons. The van der Waals surface area contributed by atoms with Crippen LogP contribution in [0.5, 0.6) is 0 Å². The summed E-state index contributed by atoms with van der Waals surface area (Å²) in [7, 11) is 4.12. The van der Waals surface area contributed by atoms with E-state index in [1.54, 1.807) is 24.3 Å². The molecule has 0 saturated heterocycles. The molecule has 0 aliphatic rings. The molecule has 0 atom stereocenters. The van der Waals surface area contributed by atoms with Crippen LogP contribution in [0.15, 0.2) is 30.3 Å². The molecule has 1 aromatic carbocycles. The minimum atomic E-state index is -2.88. The molecular weight excluding hydrogens is 319 g/mol. The largest absolute Gasteiger partial charge is 0.474 e. The van der Waals surface area contributed by atoms with Gasteiger partial charge >= 0.3 is 6.03 Å². The van der Waals surface area contributed by atoms with Gasteiger partial charge in [-0.05, 0) is 36.2 Å². The highest BCUT2D eigenvalue weighted by Gasteiger charge is 2.27. The fraction of sp³-hybridized carbons (Fsp3) is 0.273. The summed E-state index contributed by atoms with van der Waals surface area (Å²) in [6.07, 6.45) is 0. The minimum Gasteiger partial charge on any atom is -0.474 e. The number of nitrogens with one attached hydrogen (secondary N) is 1. The van der Waals surface area contributed by atoms with Gasteiger partial charge in [-0.25, -0.2) is 9.69 Å². The molecule has 0 spiro atoms. The van der Waals surface area contributed by atoms with E-state index < -0.39 is 12.7 Å². The number of carbonyl (C=O) groups excluding carboxylic acids is 1. The molecule has 1 aromatic rings. The fourth-order valence-corrected chi connectivity index (χ4v) is 2.40. The van der Waals surface area contributed by atoms with Gasteiger partial charge < -0.3 is 13.8 Å². The molecule has 0 aromatic heterocycles. The number of methoxy groups -OCH3 is 1. The SMILES string of the molecule is COC(=S)N(C(=O)NP(=S)(OC)OC)c1ccccc1. The Morgan fingerprint density at radius 1 is 1.20 bits per heavy atom. The number of thiocarbonyl (C=S) groups is 1. The summed E-state index contributed by atoms with van der Waals surface area (Å²) in [6, 6.07) is 8.23. The Morgan fingerprint density at radius 2 is 1.75 bits per heavy atom. The van der Waals surface area contributed by atoms with Gasteiger partial charge in [-0.1, -0.05) is 18.2 Å². The zero-order valence-electron chi connectivity index (χ0n) is 11.2. The Hall–Kier alpha value is -1.05. The Morgan fingerprint density at radius 3 is 2.20 bits per heavy atom. The Kier molecular flexibility index (Phi) is 6.51. The first-order valence-electron chi connectivity index (χ1n) is 5.44. The standard InChI is InChI=1S/C11H15N2O4PS2/c1-15-11(19)13(9-7-5-4-6-8-9)10(14)12-18(20,16-2)17-3/h4-8H,1-3H3,(H,12,14,20). The summed E-state index contributed by atoms with van der Waals surface area (Å²) in [5, 5.41) is 2.50. The van der Waals surface area contributed by atoms with Crippen molar-refractivity contribution in [3.63, 3.8) is 0 Å². The van der Waals surface area contributed by atoms with Crippen LogP contribution in [-0.4, -0.2) is 32.5 Å². The molecule has 0 bridgehead atoms. The van der Waals surface area contributed by atoms with Crippen LogP contribution >= 0.6 is 18.9 Å². The molecule has 0 aliphatic heterocycles. The summed E-state index contributed by atoms with van der Waals surface area (Å²) in [5.74, 6) is 0. The maximum absolute atomic E-state index is 12.3. The van der Waals surface area contributed by atoms with Crippen LogP contribution < -0.4 is 9.99 Å². The maximum atomic E-state index is 12.3. The first kappa shape index (κ1) is 17.0. The average molecular weight is 334 g/mol. The summed E-state index contributed by atoms with van der Waals surface area (Å²) >= 11 is 10.1. The third-order valence-corrected chi connectivity index (χ3v) is 5.23. The van der Waals surface area contributed by atoms with Crippen molar-refractivity contribution in [2.75, 3.05) is 26.2 Å². The number of urea groups is 1. The second kappa shape index (κ2) is 7.66. The number of amides is 2. The predicted molar refractivity (Wildman–Crippen MR) is 85.4 cm³/mol. The molecule has 0 unspecified atom stereocenters. The van der Waals surface area contributed by atoms with Crippen LogP contribution in [0.1, 0.15) is 0 Å². The molecule has 2 amide bonds. The highest BCUT2D eigenvalue weighted by molar-refractivity contribution is 8.09. The molecule has 6 nitrogen and oxygen atoms in total. The molecular formula is C11H15N2O4PS2. The van der Waals surface area contributed by atoms with Gasteiger partial charge in [0.25, 0.3) is 11.8 Å². The van der Waals surface area contributed by atoms with Crippen molar-refractivity contribution in [2.45, 2.75) is 0 Å². The summed E-state index contributed by atoms with van der Waals surface area (Å²) in [6.45, 7) is -2.88. The number of rotatable bonds is 4. The van der Waals surface area contributed by atoms with Crippen LogP contribution in [0.25, 0.3) is 0 Å². The fourth-order valence-electron chi connectivity index (χ4n) is 1.31. The number of ether oxygens (including phenoxy) is 1. The van der Waals surface area contributed by atoms with Crippen LogP contribution in [0.4, 0.5) is 10.5 Å². The molecule has 9 heteroatoms. The van der Waals surface area contributed by atoms with Crippen molar-refractivity contribution in [3.8, 4) is 0 Å². The van der Waals surface area contributed by atoms with E-state index in [4.69, 9.17) is 37.8 Å². The molecule has 0 saturated carbocycles. The van der Waals surface area contributed by atoms with Gasteiger partial charge in [0.2, 0.25) is 0 Å². The van der Waals surface area contributed by atoms with Crippen molar-refractivity contribution >= 4 is 47.6 Å². The van der Waals surface area contributed by atoms with Crippen molar-refractivity contribution in [1.82, 2.24) is 5.09 Å². The van der Waals surface area contributed by atoms with Crippen LogP contribution in [0.3, 0.4) is 0 Å². The lowest BCUT2D eigenvalue weighted by atomic mass is 10.3. The second-order valence-electron chi connectivity index (χ2n) is 3.42. The Bertz CT molecular complexity index is 518. The van der Waals surface area contributed by atoms with Gasteiger partial charge in [-0.3, -0.25) is 5.09 Å². The van der Waals surface area contributed by atoms with Crippen molar-refractivity contribution in [1.29, 1.82) is 0 Å². The van der Waals surface area contributed by atoms with Gasteiger partial charge in [0.15, 0.2) is 0 Å². The van der Waals surface area contributed by atoms with Gasteiger partial charge in [0.05, 0.1) is 12.8 Å². The van der Waals surface area contributed by atoms with E-state index in [-0.39, 0.29) is 5.17 Å². The van der Waals surface area contributed by atoms with Gasteiger partial charge in [-0.15, -0.1) is 0 Å². The number of benzene rings is 1. The first-order valence-corrected chi connectivity index (χ1v) is 8.49. The number of hydrogen-bond acceptors (Lipinski definition) is 6. The van der Waals surface area contributed by atoms with E-state index in [0.717, 1.165) is 0 Å². The lowest BCUT2D eigenvalue weighted by Gasteiger charge is -2.25. The lowest BCUT2D eigenvalue weighted by Crippen LogP contribution is -2.43. The third kappa shape index (κ3) is 4.22. The van der Waals surface area contributed by atoms with Crippen LogP contribution in [0.2, 0.25) is 0 Å². The number of carbonyl (C=O) groups is 1. The topological polar surface area (TPSA) is 60.0 Å². The molecule has 0 aliphatic carbocycles. The Labute approximate surface area is 128 Å². The summed E-state index contributed by atoms with van der Waals surface area (Å²) in [4.78, 5) is 13.5. The minimum absolute atomic E-state index is 0.0116.